The predicted octanol–water partition coefficient (Wildman–Crippen LogP) is 2.35. The molecular formula is C23H32N2O5. The number of carbonyl (C=O) groups excluding carboxylic acids is 2. The van der Waals surface area contributed by atoms with Crippen LogP contribution in [0.15, 0.2) is 24.3 Å². The maximum atomic E-state index is 12.9. The quantitative estimate of drug-likeness (QED) is 0.754. The molecule has 1 atom stereocenters. The molecule has 0 bridgehead atoms. The summed E-state index contributed by atoms with van der Waals surface area (Å²) in [6.45, 7) is 4.75. The van der Waals surface area contributed by atoms with Crippen molar-refractivity contribution in [2.24, 2.45) is 5.92 Å². The lowest BCUT2D eigenvalue weighted by molar-refractivity contribution is -0.143. The topological polar surface area (TPSA) is 68.3 Å². The van der Waals surface area contributed by atoms with Crippen LogP contribution in [0.25, 0.3) is 0 Å². The lowest BCUT2D eigenvalue weighted by atomic mass is 9.78. The first-order chi connectivity index (χ1) is 14.6. The number of nitrogens with zero attached hydrogens (tertiary/aromatic N) is 2. The van der Waals surface area contributed by atoms with Gasteiger partial charge in [-0.3, -0.25) is 9.59 Å². The van der Waals surface area contributed by atoms with E-state index >= 15 is 0 Å². The molecule has 4 rings (SSSR count). The summed E-state index contributed by atoms with van der Waals surface area (Å²) in [4.78, 5) is 29.4. The molecule has 2 amide bonds. The molecule has 3 fully saturated rings. The molecule has 3 aliphatic heterocycles. The van der Waals surface area contributed by atoms with Gasteiger partial charge >= 0.3 is 0 Å². The molecule has 1 aromatic carbocycles. The average molecular weight is 417 g/mol. The van der Waals surface area contributed by atoms with Crippen molar-refractivity contribution in [1.82, 2.24) is 9.80 Å². The Balaban J connectivity index is 1.31. The summed E-state index contributed by atoms with van der Waals surface area (Å²) in [6, 6.07) is 7.31. The van der Waals surface area contributed by atoms with E-state index in [1.165, 1.54) is 0 Å². The van der Waals surface area contributed by atoms with E-state index in [4.69, 9.17) is 14.2 Å². The molecule has 0 radical (unpaired) electrons. The third-order valence-corrected chi connectivity index (χ3v) is 6.70. The van der Waals surface area contributed by atoms with Gasteiger partial charge < -0.3 is 24.0 Å². The van der Waals surface area contributed by atoms with Crippen LogP contribution in [0.3, 0.4) is 0 Å². The maximum Gasteiger partial charge on any atom is 0.253 e. The summed E-state index contributed by atoms with van der Waals surface area (Å²) < 4.78 is 16.8. The second kappa shape index (κ2) is 9.35. The maximum absolute atomic E-state index is 12.9. The zero-order chi connectivity index (χ0) is 21.0. The van der Waals surface area contributed by atoms with Gasteiger partial charge in [-0.1, -0.05) is 6.07 Å². The van der Waals surface area contributed by atoms with Crippen molar-refractivity contribution in [3.8, 4) is 5.75 Å². The fourth-order valence-electron chi connectivity index (χ4n) is 4.90. The van der Waals surface area contributed by atoms with Crippen molar-refractivity contribution in [3.63, 3.8) is 0 Å². The predicted molar refractivity (Wildman–Crippen MR) is 112 cm³/mol. The summed E-state index contributed by atoms with van der Waals surface area (Å²) in [5, 5.41) is 0. The van der Waals surface area contributed by atoms with Gasteiger partial charge in [0.05, 0.1) is 25.9 Å². The van der Waals surface area contributed by atoms with Crippen molar-refractivity contribution < 1.29 is 23.8 Å². The van der Waals surface area contributed by atoms with Gasteiger partial charge in [0, 0.05) is 44.8 Å². The van der Waals surface area contributed by atoms with Gasteiger partial charge in [0.25, 0.3) is 5.91 Å². The highest BCUT2D eigenvalue weighted by Gasteiger charge is 2.42. The Morgan fingerprint density at radius 1 is 1.10 bits per heavy atom. The second-order valence-corrected chi connectivity index (χ2v) is 8.61. The molecule has 30 heavy (non-hydrogen) atoms. The number of hydrogen-bond acceptors (Lipinski definition) is 5. The van der Waals surface area contributed by atoms with Gasteiger partial charge in [0.1, 0.15) is 5.75 Å². The molecule has 0 saturated carbocycles. The summed E-state index contributed by atoms with van der Waals surface area (Å²) in [5.41, 5.74) is 0.461. The minimum atomic E-state index is -0.195. The lowest BCUT2D eigenvalue weighted by Gasteiger charge is -2.46. The Hall–Kier alpha value is -2.12. The molecule has 3 aliphatic rings. The Morgan fingerprint density at radius 3 is 2.60 bits per heavy atom. The molecule has 1 aromatic rings. The molecule has 0 N–H and O–H groups in total. The van der Waals surface area contributed by atoms with E-state index in [1.807, 2.05) is 28.0 Å². The molecule has 7 nitrogen and oxygen atoms in total. The molecular weight excluding hydrogens is 384 g/mol. The molecule has 164 valence electrons. The summed E-state index contributed by atoms with van der Waals surface area (Å²) in [7, 11) is 1.61. The molecule has 3 saturated heterocycles. The van der Waals surface area contributed by atoms with Crippen LogP contribution in [0.2, 0.25) is 0 Å². The molecule has 1 spiro atoms. The van der Waals surface area contributed by atoms with Gasteiger partial charge in [-0.05, 0) is 49.8 Å². The van der Waals surface area contributed by atoms with Gasteiger partial charge in [0.2, 0.25) is 5.91 Å². The smallest absolute Gasteiger partial charge is 0.253 e. The number of amides is 2. The minimum absolute atomic E-state index is 0.0404. The number of likely N-dealkylation sites (tertiary alicyclic amines) is 1. The number of benzene rings is 1. The normalized spacial score (nSPS) is 24.0. The van der Waals surface area contributed by atoms with Gasteiger partial charge in [-0.2, -0.15) is 0 Å². The highest BCUT2D eigenvalue weighted by molar-refractivity contribution is 5.94. The number of carbonyl (C=O) groups is 2. The first-order valence-corrected chi connectivity index (χ1v) is 11.0. The fraction of sp³-hybridized carbons (Fsp3) is 0.652. The van der Waals surface area contributed by atoms with Crippen molar-refractivity contribution >= 4 is 11.8 Å². The highest BCUT2D eigenvalue weighted by atomic mass is 16.5. The number of rotatable bonds is 4. The van der Waals surface area contributed by atoms with Crippen LogP contribution in [0.5, 0.6) is 5.75 Å². The summed E-state index contributed by atoms with van der Waals surface area (Å²) >= 11 is 0. The number of ether oxygens (including phenoxy) is 3. The van der Waals surface area contributed by atoms with E-state index in [0.29, 0.717) is 69.7 Å². The van der Waals surface area contributed by atoms with Crippen LogP contribution in [0.4, 0.5) is 0 Å². The molecule has 3 heterocycles. The van der Waals surface area contributed by atoms with Gasteiger partial charge in [0.15, 0.2) is 0 Å². The van der Waals surface area contributed by atoms with E-state index in [1.54, 1.807) is 13.2 Å². The number of piperidine rings is 1. The van der Waals surface area contributed by atoms with E-state index in [-0.39, 0.29) is 17.4 Å². The minimum Gasteiger partial charge on any atom is -0.497 e. The molecule has 7 heteroatoms. The van der Waals surface area contributed by atoms with E-state index in [2.05, 4.69) is 0 Å². The lowest BCUT2D eigenvalue weighted by Crippen LogP contribution is -2.51. The van der Waals surface area contributed by atoms with Crippen molar-refractivity contribution in [1.29, 1.82) is 0 Å². The number of morpholine rings is 1. The van der Waals surface area contributed by atoms with Gasteiger partial charge in [-0.15, -0.1) is 0 Å². The zero-order valence-corrected chi connectivity index (χ0v) is 17.8. The first kappa shape index (κ1) is 21.1. The fourth-order valence-corrected chi connectivity index (χ4v) is 4.90. The Bertz CT molecular complexity index is 754. The molecule has 0 aliphatic carbocycles. The van der Waals surface area contributed by atoms with Crippen LogP contribution in [-0.4, -0.2) is 80.3 Å². The Kier molecular flexibility index (Phi) is 6.58. The van der Waals surface area contributed by atoms with Crippen LogP contribution < -0.4 is 4.74 Å². The van der Waals surface area contributed by atoms with Crippen LogP contribution in [0.1, 0.15) is 42.5 Å². The monoisotopic (exact) mass is 416 g/mol. The largest absolute Gasteiger partial charge is 0.497 e. The third kappa shape index (κ3) is 4.78. The van der Waals surface area contributed by atoms with Gasteiger partial charge in [-0.25, -0.2) is 0 Å². The Labute approximate surface area is 178 Å². The SMILES string of the molecule is COc1cccc(C(=O)N2CCC3(CC2)CC(CC(=O)N2CCOCC2)CCO3)c1. The molecule has 0 aromatic heterocycles. The number of methoxy groups -OCH3 is 1. The first-order valence-electron chi connectivity index (χ1n) is 11.0. The van der Waals surface area contributed by atoms with Crippen LogP contribution >= 0.6 is 0 Å². The van der Waals surface area contributed by atoms with E-state index < -0.39 is 0 Å². The van der Waals surface area contributed by atoms with Crippen molar-refractivity contribution in [2.75, 3.05) is 53.1 Å². The average Bonchev–Trinajstić information content (AvgIpc) is 2.80. The number of hydrogen-bond donors (Lipinski definition) is 0. The molecule has 1 unspecified atom stereocenters. The van der Waals surface area contributed by atoms with E-state index in [0.717, 1.165) is 25.7 Å². The summed E-state index contributed by atoms with van der Waals surface area (Å²) in [6.07, 6.45) is 4.09. The third-order valence-electron chi connectivity index (χ3n) is 6.70. The van der Waals surface area contributed by atoms with Crippen LogP contribution in [0, 0.1) is 5.92 Å². The van der Waals surface area contributed by atoms with Crippen molar-refractivity contribution in [2.45, 2.75) is 37.7 Å². The highest BCUT2D eigenvalue weighted by Crippen LogP contribution is 2.39. The zero-order valence-electron chi connectivity index (χ0n) is 17.8. The van der Waals surface area contributed by atoms with Crippen molar-refractivity contribution in [3.05, 3.63) is 29.8 Å². The Morgan fingerprint density at radius 2 is 1.87 bits per heavy atom. The second-order valence-electron chi connectivity index (χ2n) is 8.61. The van der Waals surface area contributed by atoms with E-state index in [9.17, 15) is 9.59 Å². The summed E-state index contributed by atoms with van der Waals surface area (Å²) in [5.74, 6) is 1.33. The standard InChI is InChI=1S/C23H32N2O5/c1-28-20-4-2-3-19(16-20)22(27)25-8-6-23(7-9-25)17-18(5-12-30-23)15-21(26)24-10-13-29-14-11-24/h2-4,16,18H,5-15,17H2,1H3. The van der Waals surface area contributed by atoms with Crippen LogP contribution in [-0.2, 0) is 14.3 Å².